The molecule has 0 aliphatic carbocycles. The summed E-state index contributed by atoms with van der Waals surface area (Å²) in [6.07, 6.45) is 0. The highest BCUT2D eigenvalue weighted by Gasteiger charge is 2.10. The summed E-state index contributed by atoms with van der Waals surface area (Å²) in [5, 5.41) is 7.87. The predicted octanol–water partition coefficient (Wildman–Crippen LogP) is -0.214. The second-order valence-corrected chi connectivity index (χ2v) is 3.41. The molecule has 1 rings (SSSR count). The lowest BCUT2D eigenvalue weighted by atomic mass is 10.1. The van der Waals surface area contributed by atoms with Gasteiger partial charge in [0.15, 0.2) is 0 Å². The number of nitrogen functional groups attached to an aromatic ring is 1. The van der Waals surface area contributed by atoms with E-state index in [9.17, 15) is 9.59 Å². The highest BCUT2D eigenvalue weighted by molar-refractivity contribution is 6.00. The molecule has 0 fully saturated rings. The van der Waals surface area contributed by atoms with E-state index < -0.39 is 0 Å². The number of carbonyl (C=O) groups excluding carboxylic acids is 2. The van der Waals surface area contributed by atoms with Gasteiger partial charge in [-0.3, -0.25) is 9.59 Å². The van der Waals surface area contributed by atoms with Gasteiger partial charge in [-0.2, -0.15) is 0 Å². The van der Waals surface area contributed by atoms with E-state index in [2.05, 4.69) is 16.0 Å². The molecule has 0 saturated carbocycles. The molecule has 0 radical (unpaired) electrons. The lowest BCUT2D eigenvalue weighted by molar-refractivity contribution is -0.118. The number of rotatable bonds is 4. The molecule has 0 heterocycles. The minimum atomic E-state index is -0.232. The first-order valence-electron chi connectivity index (χ1n) is 5.14. The van der Waals surface area contributed by atoms with Crippen molar-refractivity contribution in [2.45, 2.75) is 0 Å². The number of nitrogens with two attached hydrogens (primary N) is 1. The summed E-state index contributed by atoms with van der Waals surface area (Å²) in [4.78, 5) is 22.7. The highest BCUT2D eigenvalue weighted by atomic mass is 16.2. The summed E-state index contributed by atoms with van der Waals surface area (Å²) in [6.45, 7) is 0.0872. The van der Waals surface area contributed by atoms with Gasteiger partial charge in [0.05, 0.1) is 12.1 Å². The average Bonchev–Trinajstić information content (AvgIpc) is 2.35. The Labute approximate surface area is 99.6 Å². The van der Waals surface area contributed by atoms with Gasteiger partial charge < -0.3 is 21.7 Å². The Morgan fingerprint density at radius 2 is 1.94 bits per heavy atom. The quantitative estimate of drug-likeness (QED) is 0.544. The summed E-state index contributed by atoms with van der Waals surface area (Å²) in [5.41, 5.74) is 7.15. The van der Waals surface area contributed by atoms with E-state index in [4.69, 9.17) is 5.73 Å². The Morgan fingerprint density at radius 3 is 2.53 bits per heavy atom. The third-order valence-electron chi connectivity index (χ3n) is 2.23. The van der Waals surface area contributed by atoms with Gasteiger partial charge in [-0.15, -0.1) is 0 Å². The Bertz CT molecular complexity index is 431. The van der Waals surface area contributed by atoms with Crippen LogP contribution in [0.2, 0.25) is 0 Å². The van der Waals surface area contributed by atoms with Crippen molar-refractivity contribution in [1.29, 1.82) is 0 Å². The largest absolute Gasteiger partial charge is 0.399 e. The molecule has 0 aliphatic heterocycles. The third kappa shape index (κ3) is 3.37. The van der Waals surface area contributed by atoms with Crippen LogP contribution in [-0.2, 0) is 4.79 Å². The molecule has 92 valence electrons. The van der Waals surface area contributed by atoms with Gasteiger partial charge in [0.2, 0.25) is 5.91 Å². The minimum absolute atomic E-state index is 0.0872. The normalized spacial score (nSPS) is 9.53. The minimum Gasteiger partial charge on any atom is -0.399 e. The molecular weight excluding hydrogens is 220 g/mol. The third-order valence-corrected chi connectivity index (χ3v) is 2.23. The van der Waals surface area contributed by atoms with Crippen LogP contribution in [0.4, 0.5) is 11.4 Å². The fourth-order valence-corrected chi connectivity index (χ4v) is 1.30. The number of likely N-dealkylation sites (N-methyl/N-ethyl adjacent to an activating group) is 1. The molecule has 0 spiro atoms. The van der Waals surface area contributed by atoms with Crippen LogP contribution in [0.15, 0.2) is 18.2 Å². The first kappa shape index (κ1) is 12.8. The van der Waals surface area contributed by atoms with E-state index in [1.807, 2.05) is 0 Å². The second kappa shape index (κ2) is 5.74. The van der Waals surface area contributed by atoms with Crippen LogP contribution in [0.5, 0.6) is 0 Å². The molecule has 0 unspecified atom stereocenters. The van der Waals surface area contributed by atoms with Crippen molar-refractivity contribution in [3.63, 3.8) is 0 Å². The van der Waals surface area contributed by atoms with Crippen LogP contribution in [0.1, 0.15) is 10.4 Å². The number of nitrogens with one attached hydrogen (secondary N) is 3. The van der Waals surface area contributed by atoms with Gasteiger partial charge >= 0.3 is 0 Å². The molecule has 5 N–H and O–H groups in total. The van der Waals surface area contributed by atoms with E-state index >= 15 is 0 Å². The number of amides is 2. The monoisotopic (exact) mass is 236 g/mol. The van der Waals surface area contributed by atoms with Gasteiger partial charge in [0.1, 0.15) is 0 Å². The number of anilines is 2. The SMILES string of the molecule is CNC(=O)CNc1cc(N)ccc1C(=O)NC. The number of carbonyl (C=O) groups is 2. The lowest BCUT2D eigenvalue weighted by Crippen LogP contribution is -2.27. The van der Waals surface area contributed by atoms with Crippen molar-refractivity contribution < 1.29 is 9.59 Å². The predicted molar refractivity (Wildman–Crippen MR) is 66.8 cm³/mol. The first-order chi connectivity index (χ1) is 8.08. The standard InChI is InChI=1S/C11H16N4O2/c1-13-10(16)6-15-9-5-7(12)3-4-8(9)11(17)14-2/h3-5,15H,6,12H2,1-2H3,(H,13,16)(H,14,17). The van der Waals surface area contributed by atoms with E-state index in [0.717, 1.165) is 0 Å². The molecule has 0 bridgehead atoms. The van der Waals surface area contributed by atoms with Crippen LogP contribution >= 0.6 is 0 Å². The molecule has 0 aliphatic rings. The summed E-state index contributed by atoms with van der Waals surface area (Å²) < 4.78 is 0. The van der Waals surface area contributed by atoms with E-state index in [-0.39, 0.29) is 18.4 Å². The van der Waals surface area contributed by atoms with Crippen LogP contribution in [-0.4, -0.2) is 32.5 Å². The molecular formula is C11H16N4O2. The van der Waals surface area contributed by atoms with Crippen molar-refractivity contribution in [1.82, 2.24) is 10.6 Å². The summed E-state index contributed by atoms with van der Waals surface area (Å²) >= 11 is 0. The zero-order chi connectivity index (χ0) is 12.8. The first-order valence-corrected chi connectivity index (χ1v) is 5.14. The number of benzene rings is 1. The molecule has 0 aromatic heterocycles. The summed E-state index contributed by atoms with van der Waals surface area (Å²) in [5.74, 6) is -0.403. The van der Waals surface area contributed by atoms with Crippen LogP contribution < -0.4 is 21.7 Å². The maximum atomic E-state index is 11.6. The van der Waals surface area contributed by atoms with E-state index in [0.29, 0.717) is 16.9 Å². The average molecular weight is 236 g/mol. The van der Waals surface area contributed by atoms with Gasteiger partial charge in [-0.1, -0.05) is 0 Å². The van der Waals surface area contributed by atoms with Crippen LogP contribution in [0, 0.1) is 0 Å². The zero-order valence-electron chi connectivity index (χ0n) is 9.83. The molecule has 1 aromatic rings. The molecule has 0 saturated heterocycles. The van der Waals surface area contributed by atoms with Crippen molar-refractivity contribution in [2.24, 2.45) is 0 Å². The molecule has 6 heteroatoms. The van der Waals surface area contributed by atoms with Crippen molar-refractivity contribution in [2.75, 3.05) is 31.7 Å². The molecule has 2 amide bonds. The second-order valence-electron chi connectivity index (χ2n) is 3.41. The van der Waals surface area contributed by atoms with Crippen molar-refractivity contribution in [3.8, 4) is 0 Å². The topological polar surface area (TPSA) is 96.2 Å². The van der Waals surface area contributed by atoms with Gasteiger partial charge in [0.25, 0.3) is 5.91 Å². The molecule has 6 nitrogen and oxygen atoms in total. The number of hydrogen-bond donors (Lipinski definition) is 4. The van der Waals surface area contributed by atoms with Crippen molar-refractivity contribution in [3.05, 3.63) is 23.8 Å². The molecule has 0 atom stereocenters. The van der Waals surface area contributed by atoms with Crippen LogP contribution in [0.3, 0.4) is 0 Å². The van der Waals surface area contributed by atoms with E-state index in [1.54, 1.807) is 32.3 Å². The fourth-order valence-electron chi connectivity index (χ4n) is 1.30. The Morgan fingerprint density at radius 1 is 1.24 bits per heavy atom. The lowest BCUT2D eigenvalue weighted by Gasteiger charge is -2.11. The molecule has 17 heavy (non-hydrogen) atoms. The van der Waals surface area contributed by atoms with Gasteiger partial charge in [0, 0.05) is 25.5 Å². The Hall–Kier alpha value is -2.24. The summed E-state index contributed by atoms with van der Waals surface area (Å²) in [6, 6.07) is 4.86. The van der Waals surface area contributed by atoms with Gasteiger partial charge in [-0.05, 0) is 18.2 Å². The maximum Gasteiger partial charge on any atom is 0.253 e. The summed E-state index contributed by atoms with van der Waals surface area (Å²) in [7, 11) is 3.09. The Kier molecular flexibility index (Phi) is 4.33. The van der Waals surface area contributed by atoms with Crippen LogP contribution in [0.25, 0.3) is 0 Å². The fraction of sp³-hybridized carbons (Fsp3) is 0.273. The highest BCUT2D eigenvalue weighted by Crippen LogP contribution is 2.18. The van der Waals surface area contributed by atoms with E-state index in [1.165, 1.54) is 0 Å². The van der Waals surface area contributed by atoms with Gasteiger partial charge in [-0.25, -0.2) is 0 Å². The molecule has 1 aromatic carbocycles. The smallest absolute Gasteiger partial charge is 0.253 e. The zero-order valence-corrected chi connectivity index (χ0v) is 9.83. The Balaban J connectivity index is 2.91. The maximum absolute atomic E-state index is 11.6. The van der Waals surface area contributed by atoms with Crippen molar-refractivity contribution >= 4 is 23.2 Å². The number of hydrogen-bond acceptors (Lipinski definition) is 4.